The number of hydrogen-bond acceptors (Lipinski definition) is 2. The van der Waals surface area contributed by atoms with Crippen molar-refractivity contribution in [2.45, 2.75) is 26.2 Å². The van der Waals surface area contributed by atoms with E-state index in [-0.39, 0.29) is 0 Å². The summed E-state index contributed by atoms with van der Waals surface area (Å²) in [5.74, 6) is 2.93. The van der Waals surface area contributed by atoms with Gasteiger partial charge in [-0.2, -0.15) is 0 Å². The molecule has 0 aliphatic heterocycles. The molecule has 0 amide bonds. The van der Waals surface area contributed by atoms with E-state index in [0.717, 1.165) is 41.9 Å². The van der Waals surface area contributed by atoms with Crippen LogP contribution in [-0.4, -0.2) is 25.0 Å². The molecule has 0 aliphatic rings. The molecule has 168 valence electrons. The first-order valence-electron chi connectivity index (χ1n) is 11.1. The third-order valence-electron chi connectivity index (χ3n) is 5.16. The van der Waals surface area contributed by atoms with Crippen molar-refractivity contribution < 1.29 is 9.47 Å². The smallest absolute Gasteiger partial charge is 0.119 e. The lowest BCUT2D eigenvalue weighted by Gasteiger charge is -2.17. The molecule has 3 aromatic rings. The number of ether oxygens (including phenoxy) is 2. The van der Waals surface area contributed by atoms with Crippen molar-refractivity contribution in [2.24, 2.45) is 0 Å². The average molecular weight is 469 g/mol. The Labute approximate surface area is 201 Å². The molecular weight excluding hydrogens is 439 g/mol. The second kappa shape index (κ2) is 13.2. The highest BCUT2D eigenvalue weighted by atomic mass is 35.5. The molecule has 0 spiro atoms. The van der Waals surface area contributed by atoms with Crippen LogP contribution in [0.4, 0.5) is 0 Å². The van der Waals surface area contributed by atoms with E-state index >= 15 is 0 Å². The summed E-state index contributed by atoms with van der Waals surface area (Å²) < 4.78 is 11.6. The minimum Gasteiger partial charge on any atom is -0.494 e. The van der Waals surface area contributed by atoms with E-state index < -0.39 is 0 Å². The summed E-state index contributed by atoms with van der Waals surface area (Å²) in [5.41, 5.74) is 6.07. The van der Waals surface area contributed by atoms with Crippen LogP contribution in [0.2, 0.25) is 0 Å². The highest BCUT2D eigenvalue weighted by Crippen LogP contribution is 2.35. The molecule has 0 aliphatic carbocycles. The third-order valence-corrected chi connectivity index (χ3v) is 5.69. The molecule has 0 N–H and O–H groups in total. The van der Waals surface area contributed by atoms with Crippen LogP contribution in [0.1, 0.15) is 42.9 Å². The molecule has 0 heterocycles. The molecule has 0 aromatic heterocycles. The lowest BCUT2D eigenvalue weighted by atomic mass is 9.88. The van der Waals surface area contributed by atoms with Crippen LogP contribution < -0.4 is 9.47 Å². The number of benzene rings is 3. The van der Waals surface area contributed by atoms with E-state index in [4.69, 9.17) is 32.7 Å². The van der Waals surface area contributed by atoms with Gasteiger partial charge < -0.3 is 9.47 Å². The van der Waals surface area contributed by atoms with Gasteiger partial charge in [-0.3, -0.25) is 0 Å². The van der Waals surface area contributed by atoms with Crippen LogP contribution >= 0.6 is 23.2 Å². The zero-order chi connectivity index (χ0) is 22.6. The average Bonchev–Trinajstić information content (AvgIpc) is 2.84. The van der Waals surface area contributed by atoms with Crippen molar-refractivity contribution in [3.63, 3.8) is 0 Å². The molecule has 0 radical (unpaired) electrons. The SMILES string of the molecule is CCC(=C(c1ccc(OCCCCl)cc1)c1ccc(OCCCCl)cc1)c1ccccc1. The van der Waals surface area contributed by atoms with Gasteiger partial charge in [-0.1, -0.05) is 61.5 Å². The largest absolute Gasteiger partial charge is 0.494 e. The molecule has 0 bridgehead atoms. The van der Waals surface area contributed by atoms with Crippen molar-refractivity contribution in [3.05, 3.63) is 95.6 Å². The summed E-state index contributed by atoms with van der Waals surface area (Å²) >= 11 is 11.5. The second-order valence-corrected chi connectivity index (χ2v) is 8.16. The maximum atomic E-state index is 5.79. The van der Waals surface area contributed by atoms with Crippen LogP contribution in [0, 0.1) is 0 Å². The summed E-state index contributed by atoms with van der Waals surface area (Å²) in [4.78, 5) is 0. The van der Waals surface area contributed by atoms with Gasteiger partial charge in [0, 0.05) is 11.8 Å². The van der Waals surface area contributed by atoms with Crippen molar-refractivity contribution in [2.75, 3.05) is 25.0 Å². The Hall–Kier alpha value is -2.42. The van der Waals surface area contributed by atoms with Crippen LogP contribution in [0.25, 0.3) is 11.1 Å². The Morgan fingerprint density at radius 3 is 1.50 bits per heavy atom. The normalized spacial score (nSPS) is 10.6. The van der Waals surface area contributed by atoms with Gasteiger partial charge in [0.15, 0.2) is 0 Å². The summed E-state index contributed by atoms with van der Waals surface area (Å²) in [5, 5.41) is 0. The quantitative estimate of drug-likeness (QED) is 0.152. The highest BCUT2D eigenvalue weighted by Gasteiger charge is 2.13. The fraction of sp³-hybridized carbons (Fsp3) is 0.286. The first-order chi connectivity index (χ1) is 15.8. The van der Waals surface area contributed by atoms with Gasteiger partial charge in [0.05, 0.1) is 13.2 Å². The van der Waals surface area contributed by atoms with Crippen molar-refractivity contribution in [1.82, 2.24) is 0 Å². The minimum atomic E-state index is 0.605. The third kappa shape index (κ3) is 6.79. The number of hydrogen-bond donors (Lipinski definition) is 0. The van der Waals surface area contributed by atoms with E-state index in [0.29, 0.717) is 25.0 Å². The van der Waals surface area contributed by atoms with Crippen LogP contribution in [0.5, 0.6) is 11.5 Å². The van der Waals surface area contributed by atoms with Crippen LogP contribution in [0.3, 0.4) is 0 Å². The highest BCUT2D eigenvalue weighted by molar-refractivity contribution is 6.18. The first kappa shape index (κ1) is 24.2. The molecule has 2 nitrogen and oxygen atoms in total. The van der Waals surface area contributed by atoms with Gasteiger partial charge in [0.1, 0.15) is 11.5 Å². The minimum absolute atomic E-state index is 0.605. The van der Waals surface area contributed by atoms with Crippen LogP contribution in [0.15, 0.2) is 78.9 Å². The predicted octanol–water partition coefficient (Wildman–Crippen LogP) is 8.07. The lowest BCUT2D eigenvalue weighted by Crippen LogP contribution is -1.99. The molecule has 3 rings (SSSR count). The molecule has 0 saturated heterocycles. The predicted molar refractivity (Wildman–Crippen MR) is 137 cm³/mol. The molecule has 0 atom stereocenters. The van der Waals surface area contributed by atoms with Crippen molar-refractivity contribution in [3.8, 4) is 11.5 Å². The topological polar surface area (TPSA) is 18.5 Å². The van der Waals surface area contributed by atoms with Gasteiger partial charge in [0.2, 0.25) is 0 Å². The summed E-state index contributed by atoms with van der Waals surface area (Å²) in [6, 6.07) is 27.2. The summed E-state index contributed by atoms with van der Waals surface area (Å²) in [6.07, 6.45) is 2.59. The summed E-state index contributed by atoms with van der Waals surface area (Å²) in [6.45, 7) is 3.46. The summed E-state index contributed by atoms with van der Waals surface area (Å²) in [7, 11) is 0. The fourth-order valence-electron chi connectivity index (χ4n) is 3.60. The van der Waals surface area contributed by atoms with E-state index in [2.05, 4.69) is 61.5 Å². The Morgan fingerprint density at radius 1 is 0.625 bits per heavy atom. The molecule has 0 saturated carbocycles. The van der Waals surface area contributed by atoms with E-state index in [1.54, 1.807) is 0 Å². The van der Waals surface area contributed by atoms with Crippen molar-refractivity contribution >= 4 is 34.3 Å². The molecule has 32 heavy (non-hydrogen) atoms. The number of halogens is 2. The Balaban J connectivity index is 1.98. The molecule has 0 fully saturated rings. The Bertz CT molecular complexity index is 909. The first-order valence-corrected chi connectivity index (χ1v) is 12.2. The maximum Gasteiger partial charge on any atom is 0.119 e. The Morgan fingerprint density at radius 2 is 1.09 bits per heavy atom. The van der Waals surface area contributed by atoms with Crippen molar-refractivity contribution in [1.29, 1.82) is 0 Å². The number of allylic oxidation sites excluding steroid dienone is 1. The zero-order valence-corrected chi connectivity index (χ0v) is 20.0. The zero-order valence-electron chi connectivity index (χ0n) is 18.5. The molecular formula is C28H30Cl2O2. The Kier molecular flexibility index (Phi) is 9.99. The van der Waals surface area contributed by atoms with E-state index in [1.165, 1.54) is 16.7 Å². The van der Waals surface area contributed by atoms with Gasteiger partial charge in [-0.25, -0.2) is 0 Å². The fourth-order valence-corrected chi connectivity index (χ4v) is 3.82. The number of rotatable bonds is 12. The van der Waals surface area contributed by atoms with Gasteiger partial charge >= 0.3 is 0 Å². The monoisotopic (exact) mass is 468 g/mol. The molecule has 4 heteroatoms. The van der Waals surface area contributed by atoms with Gasteiger partial charge in [-0.15, -0.1) is 23.2 Å². The van der Waals surface area contributed by atoms with E-state index in [1.807, 2.05) is 24.3 Å². The van der Waals surface area contributed by atoms with Gasteiger partial charge in [-0.05, 0) is 71.4 Å². The molecule has 0 unspecified atom stereocenters. The van der Waals surface area contributed by atoms with E-state index in [9.17, 15) is 0 Å². The maximum absolute atomic E-state index is 5.79. The molecule has 3 aromatic carbocycles. The lowest BCUT2D eigenvalue weighted by molar-refractivity contribution is 0.318. The second-order valence-electron chi connectivity index (χ2n) is 7.40. The van der Waals surface area contributed by atoms with Gasteiger partial charge in [0.25, 0.3) is 0 Å². The number of alkyl halides is 2. The standard InChI is InChI=1S/C28H30Cl2O2/c1-2-27(22-8-4-3-5-9-22)28(23-10-14-25(15-11-23)31-20-6-18-29)24-12-16-26(17-13-24)32-21-7-19-30/h3-5,8-17H,2,6-7,18-21H2,1H3. The van der Waals surface area contributed by atoms with Crippen LogP contribution in [-0.2, 0) is 0 Å².